The van der Waals surface area contributed by atoms with Crippen LogP contribution < -0.4 is 0 Å². The second-order valence-corrected chi connectivity index (χ2v) is 4.93. The highest BCUT2D eigenvalue weighted by Crippen LogP contribution is 2.25. The van der Waals surface area contributed by atoms with E-state index in [0.717, 1.165) is 22.3 Å². The van der Waals surface area contributed by atoms with Crippen molar-refractivity contribution in [2.45, 2.75) is 20.8 Å². The van der Waals surface area contributed by atoms with Gasteiger partial charge in [-0.25, -0.2) is 9.48 Å². The van der Waals surface area contributed by atoms with Crippen molar-refractivity contribution in [3.8, 4) is 5.69 Å². The topological polar surface area (TPSA) is 80.9 Å². The van der Waals surface area contributed by atoms with Crippen LogP contribution >= 0.6 is 0 Å². The summed E-state index contributed by atoms with van der Waals surface area (Å²) < 4.78 is 1.64. The normalized spacial score (nSPS) is 11.0. The van der Waals surface area contributed by atoms with Crippen LogP contribution in [0.4, 0.5) is 0 Å². The van der Waals surface area contributed by atoms with Gasteiger partial charge < -0.3 is 5.11 Å². The number of carboxylic acid groups (broad SMARTS) is 1. The fourth-order valence-electron chi connectivity index (χ4n) is 2.34. The van der Waals surface area contributed by atoms with Gasteiger partial charge in [0, 0.05) is 11.1 Å². The quantitative estimate of drug-likeness (QED) is 0.780. The third-order valence-electron chi connectivity index (χ3n) is 3.71. The number of carbonyl (C=O) groups is 1. The maximum atomic E-state index is 11.5. The average Bonchev–Trinajstić information content (AvgIpc) is 2.73. The third-order valence-corrected chi connectivity index (χ3v) is 3.71. The van der Waals surface area contributed by atoms with Crippen molar-refractivity contribution in [2.75, 3.05) is 0 Å². The number of rotatable bonds is 2. The molecule has 0 amide bonds. The Morgan fingerprint density at radius 2 is 1.86 bits per heavy atom. The third kappa shape index (κ3) is 1.96. The Morgan fingerprint density at radius 1 is 1.14 bits per heavy atom. The molecule has 0 saturated heterocycles. The van der Waals surface area contributed by atoms with E-state index in [1.54, 1.807) is 10.7 Å². The van der Waals surface area contributed by atoms with Crippen molar-refractivity contribution < 1.29 is 9.90 Å². The molecule has 0 unspecified atom stereocenters. The molecule has 0 spiro atoms. The van der Waals surface area contributed by atoms with Crippen LogP contribution in [0, 0.1) is 20.8 Å². The van der Waals surface area contributed by atoms with Crippen LogP contribution in [-0.4, -0.2) is 31.1 Å². The molecule has 3 rings (SSSR count). The summed E-state index contributed by atoms with van der Waals surface area (Å²) in [7, 11) is 0. The molecule has 3 aromatic rings. The molecule has 0 fully saturated rings. The van der Waals surface area contributed by atoms with E-state index in [2.05, 4.69) is 15.3 Å². The first-order valence-electron chi connectivity index (χ1n) is 6.52. The Bertz CT molecular complexity index is 867. The van der Waals surface area contributed by atoms with Crippen molar-refractivity contribution in [1.82, 2.24) is 20.0 Å². The van der Waals surface area contributed by atoms with Crippen LogP contribution in [0.5, 0.6) is 0 Å². The first kappa shape index (κ1) is 13.2. The largest absolute Gasteiger partial charge is 0.476 e. The monoisotopic (exact) mass is 282 g/mol. The zero-order valence-corrected chi connectivity index (χ0v) is 12.0. The summed E-state index contributed by atoms with van der Waals surface area (Å²) in [6.07, 6.45) is 0. The van der Waals surface area contributed by atoms with Gasteiger partial charge in [-0.1, -0.05) is 18.2 Å². The molecule has 1 aromatic carbocycles. The highest BCUT2D eigenvalue weighted by Gasteiger charge is 2.21. The molecule has 0 aliphatic carbocycles. The molecule has 0 aliphatic heterocycles. The maximum absolute atomic E-state index is 11.5. The molecule has 2 heterocycles. The van der Waals surface area contributed by atoms with Crippen molar-refractivity contribution in [2.24, 2.45) is 0 Å². The van der Waals surface area contributed by atoms with Crippen LogP contribution in [0.2, 0.25) is 0 Å². The Balaban J connectivity index is 2.46. The Morgan fingerprint density at radius 3 is 2.48 bits per heavy atom. The Hall–Kier alpha value is -2.76. The van der Waals surface area contributed by atoms with Gasteiger partial charge >= 0.3 is 5.97 Å². The van der Waals surface area contributed by atoms with Gasteiger partial charge in [0.2, 0.25) is 0 Å². The molecule has 0 aliphatic rings. The van der Waals surface area contributed by atoms with Crippen molar-refractivity contribution in [3.05, 3.63) is 46.9 Å². The van der Waals surface area contributed by atoms with E-state index in [9.17, 15) is 9.90 Å². The fraction of sp³-hybridized carbons (Fsp3) is 0.200. The highest BCUT2D eigenvalue weighted by molar-refractivity contribution is 5.98. The first-order valence-corrected chi connectivity index (χ1v) is 6.52. The summed E-state index contributed by atoms with van der Waals surface area (Å²) in [5.74, 6) is -1.12. The second kappa shape index (κ2) is 4.66. The van der Waals surface area contributed by atoms with Gasteiger partial charge in [-0.05, 0) is 32.4 Å². The maximum Gasteiger partial charge on any atom is 0.358 e. The minimum absolute atomic E-state index is 0.0979. The summed E-state index contributed by atoms with van der Waals surface area (Å²) in [6, 6.07) is 7.32. The van der Waals surface area contributed by atoms with Crippen molar-refractivity contribution >= 4 is 16.9 Å². The Kier molecular flexibility index (Phi) is 2.94. The molecule has 21 heavy (non-hydrogen) atoms. The van der Waals surface area contributed by atoms with Crippen molar-refractivity contribution in [3.63, 3.8) is 0 Å². The average molecular weight is 282 g/mol. The highest BCUT2D eigenvalue weighted by atomic mass is 16.4. The van der Waals surface area contributed by atoms with Gasteiger partial charge in [-0.15, -0.1) is 10.2 Å². The van der Waals surface area contributed by atoms with E-state index in [-0.39, 0.29) is 5.69 Å². The van der Waals surface area contributed by atoms with Crippen LogP contribution in [0.1, 0.15) is 27.4 Å². The van der Waals surface area contributed by atoms with Gasteiger partial charge in [0.25, 0.3) is 0 Å². The van der Waals surface area contributed by atoms with Gasteiger partial charge in [-0.2, -0.15) is 5.10 Å². The summed E-state index contributed by atoms with van der Waals surface area (Å²) in [6.45, 7) is 5.78. The number of fused-ring (bicyclic) bond motifs is 1. The van der Waals surface area contributed by atoms with E-state index < -0.39 is 5.97 Å². The number of hydrogen-bond donors (Lipinski definition) is 1. The predicted octanol–water partition coefficient (Wildman–Crippen LogP) is 2.44. The minimum Gasteiger partial charge on any atom is -0.476 e. The molecule has 2 aromatic heterocycles. The lowest BCUT2D eigenvalue weighted by Crippen LogP contribution is -2.12. The number of nitrogens with zero attached hydrogens (tertiary/aromatic N) is 4. The number of hydrogen-bond acceptors (Lipinski definition) is 4. The van der Waals surface area contributed by atoms with Crippen LogP contribution in [-0.2, 0) is 0 Å². The van der Waals surface area contributed by atoms with Gasteiger partial charge in [0.1, 0.15) is 5.69 Å². The minimum atomic E-state index is -1.12. The number of aromatic nitrogens is 4. The lowest BCUT2D eigenvalue weighted by Gasteiger charge is -2.10. The second-order valence-electron chi connectivity index (χ2n) is 4.93. The van der Waals surface area contributed by atoms with Crippen molar-refractivity contribution in [1.29, 1.82) is 0 Å². The number of carboxylic acids is 1. The summed E-state index contributed by atoms with van der Waals surface area (Å²) in [4.78, 5) is 11.5. The van der Waals surface area contributed by atoms with E-state index in [4.69, 9.17) is 0 Å². The number of aryl methyl sites for hydroxylation is 1. The molecule has 6 heteroatoms. The molecular weight excluding hydrogens is 268 g/mol. The first-order chi connectivity index (χ1) is 10.0. The summed E-state index contributed by atoms with van der Waals surface area (Å²) in [5, 5.41) is 22.4. The van der Waals surface area contributed by atoms with E-state index in [1.165, 1.54) is 0 Å². The molecule has 0 saturated carbocycles. The number of aromatic carboxylic acids is 1. The van der Waals surface area contributed by atoms with Gasteiger partial charge in [0.15, 0.2) is 5.69 Å². The molecule has 0 atom stereocenters. The molecule has 0 radical (unpaired) electrons. The lowest BCUT2D eigenvalue weighted by atomic mass is 10.1. The zero-order valence-electron chi connectivity index (χ0n) is 12.0. The van der Waals surface area contributed by atoms with Crippen LogP contribution in [0.15, 0.2) is 24.3 Å². The van der Waals surface area contributed by atoms with Crippen LogP contribution in [0.25, 0.3) is 16.6 Å². The van der Waals surface area contributed by atoms with E-state index in [1.807, 2.05) is 39.0 Å². The zero-order chi connectivity index (χ0) is 15.1. The Labute approximate surface area is 121 Å². The SMILES string of the molecule is Cc1nn(-c2c(C(=O)O)nnc3ccccc23)c(C)c1C. The van der Waals surface area contributed by atoms with E-state index >= 15 is 0 Å². The molecule has 0 bridgehead atoms. The van der Waals surface area contributed by atoms with Gasteiger partial charge in [-0.3, -0.25) is 0 Å². The predicted molar refractivity (Wildman–Crippen MR) is 77.8 cm³/mol. The number of benzene rings is 1. The van der Waals surface area contributed by atoms with Crippen LogP contribution in [0.3, 0.4) is 0 Å². The molecule has 106 valence electrons. The summed E-state index contributed by atoms with van der Waals surface area (Å²) in [5.41, 5.74) is 3.80. The standard InChI is InChI=1S/C15H14N4O2/c1-8-9(2)18-19(10(8)3)14-11-6-4-5-7-12(11)16-17-13(14)15(20)21/h4-7H,1-3H3,(H,20,21). The molecule has 1 N–H and O–H groups in total. The smallest absolute Gasteiger partial charge is 0.358 e. The molecule has 6 nitrogen and oxygen atoms in total. The summed E-state index contributed by atoms with van der Waals surface area (Å²) >= 11 is 0. The van der Waals surface area contributed by atoms with E-state index in [0.29, 0.717) is 11.2 Å². The fourth-order valence-corrected chi connectivity index (χ4v) is 2.34. The molecular formula is C15H14N4O2. The van der Waals surface area contributed by atoms with Gasteiger partial charge in [0.05, 0.1) is 11.2 Å². The lowest BCUT2D eigenvalue weighted by molar-refractivity contribution is 0.0689.